The molecule has 0 aromatic rings. The van der Waals surface area contributed by atoms with Crippen LogP contribution in [0.1, 0.15) is 46.5 Å². The van der Waals surface area contributed by atoms with Crippen molar-refractivity contribution in [1.82, 2.24) is 21.3 Å². The normalized spacial score (nSPS) is 19.9. The third-order valence-corrected chi connectivity index (χ3v) is 5.65. The van der Waals surface area contributed by atoms with E-state index in [4.69, 9.17) is 0 Å². The number of nitrogens with one attached hydrogen (secondary N) is 4. The van der Waals surface area contributed by atoms with Crippen molar-refractivity contribution in [3.05, 3.63) is 0 Å². The summed E-state index contributed by atoms with van der Waals surface area (Å²) in [4.78, 5) is 49.4. The molecule has 5 atom stereocenters. The van der Waals surface area contributed by atoms with Gasteiger partial charge in [-0.1, -0.05) is 13.8 Å². The minimum absolute atomic E-state index is 0.0920. The highest BCUT2D eigenvalue weighted by Gasteiger charge is 2.33. The number of carboxylic acids is 1. The molecule has 1 aliphatic rings. The van der Waals surface area contributed by atoms with Gasteiger partial charge in [0.15, 0.2) is 0 Å². The van der Waals surface area contributed by atoms with E-state index >= 15 is 0 Å². The largest absolute Gasteiger partial charge is 0.480 e. The van der Waals surface area contributed by atoms with Gasteiger partial charge < -0.3 is 31.5 Å². The Hall–Kier alpha value is -1.85. The lowest BCUT2D eigenvalue weighted by Crippen LogP contribution is -2.60. The van der Waals surface area contributed by atoms with Gasteiger partial charge in [-0.2, -0.15) is 11.8 Å². The number of aliphatic carboxylic acids is 1. The molecule has 1 fully saturated rings. The van der Waals surface area contributed by atoms with E-state index in [2.05, 4.69) is 21.3 Å². The fourth-order valence-corrected chi connectivity index (χ4v) is 3.77. The second-order valence-electron chi connectivity index (χ2n) is 8.25. The first-order valence-electron chi connectivity index (χ1n) is 10.6. The van der Waals surface area contributed by atoms with Crippen LogP contribution in [-0.4, -0.2) is 82.7 Å². The summed E-state index contributed by atoms with van der Waals surface area (Å²) in [6, 6.07) is -3.71. The number of hydrogen-bond donors (Lipinski definition) is 6. The average molecular weight is 461 g/mol. The average Bonchev–Trinajstić information content (AvgIpc) is 3.22. The molecule has 1 rings (SSSR count). The Kier molecular flexibility index (Phi) is 11.9. The molecule has 0 aromatic heterocycles. The number of rotatable bonds is 13. The molecule has 1 aliphatic heterocycles. The molecule has 178 valence electrons. The molecule has 10 nitrogen and oxygen atoms in total. The van der Waals surface area contributed by atoms with Gasteiger partial charge in [0.25, 0.3) is 0 Å². The number of thioether (sulfide) groups is 1. The lowest BCUT2D eigenvalue weighted by molar-refractivity contribution is -0.143. The van der Waals surface area contributed by atoms with Gasteiger partial charge in [-0.3, -0.25) is 14.4 Å². The van der Waals surface area contributed by atoms with E-state index in [1.807, 2.05) is 20.1 Å². The maximum Gasteiger partial charge on any atom is 0.326 e. The third kappa shape index (κ3) is 9.44. The highest BCUT2D eigenvalue weighted by atomic mass is 32.2. The molecule has 0 bridgehead atoms. The van der Waals surface area contributed by atoms with Crippen molar-refractivity contribution in [3.8, 4) is 0 Å². The van der Waals surface area contributed by atoms with Crippen LogP contribution in [0.15, 0.2) is 0 Å². The van der Waals surface area contributed by atoms with Crippen molar-refractivity contribution in [3.63, 3.8) is 0 Å². The Bertz CT molecular complexity index is 625. The Morgan fingerprint density at radius 2 is 1.74 bits per heavy atom. The quantitative estimate of drug-likeness (QED) is 0.214. The van der Waals surface area contributed by atoms with E-state index in [1.54, 1.807) is 0 Å². The molecule has 0 aromatic carbocycles. The van der Waals surface area contributed by atoms with Gasteiger partial charge in [-0.05, 0) is 57.1 Å². The van der Waals surface area contributed by atoms with E-state index in [0.29, 0.717) is 18.6 Å². The zero-order valence-electron chi connectivity index (χ0n) is 18.6. The van der Waals surface area contributed by atoms with Crippen molar-refractivity contribution in [2.45, 2.75) is 76.7 Å². The van der Waals surface area contributed by atoms with E-state index < -0.39 is 42.0 Å². The molecule has 31 heavy (non-hydrogen) atoms. The minimum Gasteiger partial charge on any atom is -0.480 e. The summed E-state index contributed by atoms with van der Waals surface area (Å²) in [6.45, 7) is 5.88. The zero-order valence-corrected chi connectivity index (χ0v) is 19.5. The zero-order chi connectivity index (χ0) is 23.6. The molecule has 0 radical (unpaired) electrons. The van der Waals surface area contributed by atoms with E-state index in [1.165, 1.54) is 18.7 Å². The number of aliphatic hydroxyl groups is 1. The number of amides is 3. The molecular weight excluding hydrogens is 424 g/mol. The first kappa shape index (κ1) is 27.2. The number of carboxylic acid groups (broad SMARTS) is 1. The molecule has 0 aliphatic carbocycles. The van der Waals surface area contributed by atoms with Crippen LogP contribution in [0.5, 0.6) is 0 Å². The van der Waals surface area contributed by atoms with Gasteiger partial charge in [-0.15, -0.1) is 0 Å². The first-order valence-corrected chi connectivity index (χ1v) is 12.0. The van der Waals surface area contributed by atoms with Gasteiger partial charge in [0.2, 0.25) is 17.7 Å². The van der Waals surface area contributed by atoms with Crippen LogP contribution < -0.4 is 21.3 Å². The van der Waals surface area contributed by atoms with Gasteiger partial charge in [0, 0.05) is 0 Å². The maximum absolute atomic E-state index is 12.9. The van der Waals surface area contributed by atoms with Gasteiger partial charge in [0.1, 0.15) is 18.1 Å². The van der Waals surface area contributed by atoms with Gasteiger partial charge in [0.05, 0.1) is 12.1 Å². The Morgan fingerprint density at radius 3 is 2.23 bits per heavy atom. The van der Waals surface area contributed by atoms with Crippen LogP contribution in [-0.2, 0) is 19.2 Å². The molecule has 1 heterocycles. The highest BCUT2D eigenvalue weighted by molar-refractivity contribution is 7.98. The Morgan fingerprint density at radius 1 is 1.06 bits per heavy atom. The van der Waals surface area contributed by atoms with Crippen molar-refractivity contribution in [2.24, 2.45) is 5.92 Å². The summed E-state index contributed by atoms with van der Waals surface area (Å²) in [5.41, 5.74) is 0. The summed E-state index contributed by atoms with van der Waals surface area (Å²) in [5, 5.41) is 30.0. The van der Waals surface area contributed by atoms with Crippen LogP contribution in [0.2, 0.25) is 0 Å². The number of carbonyl (C=O) groups excluding carboxylic acids is 3. The predicted molar refractivity (Wildman–Crippen MR) is 119 cm³/mol. The number of hydrogen-bond acceptors (Lipinski definition) is 7. The Balaban J connectivity index is 2.85. The second kappa shape index (κ2) is 13.5. The van der Waals surface area contributed by atoms with Crippen LogP contribution in [0.3, 0.4) is 0 Å². The molecule has 0 saturated carbocycles. The molecule has 6 N–H and O–H groups in total. The molecular formula is C20H36N4O6S. The fraction of sp³-hybridized carbons (Fsp3) is 0.800. The number of carbonyl (C=O) groups is 4. The molecule has 0 spiro atoms. The van der Waals surface area contributed by atoms with Crippen molar-refractivity contribution in [2.75, 3.05) is 18.6 Å². The summed E-state index contributed by atoms with van der Waals surface area (Å²) in [5.74, 6) is -2.23. The van der Waals surface area contributed by atoms with Crippen molar-refractivity contribution in [1.29, 1.82) is 0 Å². The minimum atomic E-state index is -1.35. The van der Waals surface area contributed by atoms with Crippen LogP contribution >= 0.6 is 11.8 Å². The molecule has 3 amide bonds. The molecule has 5 unspecified atom stereocenters. The Labute approximate surface area is 187 Å². The fourth-order valence-electron chi connectivity index (χ4n) is 3.30. The van der Waals surface area contributed by atoms with Gasteiger partial charge in [-0.25, -0.2) is 4.79 Å². The molecule has 1 saturated heterocycles. The topological polar surface area (TPSA) is 157 Å². The number of aliphatic hydroxyl groups excluding tert-OH is 1. The third-order valence-electron chi connectivity index (χ3n) is 5.00. The van der Waals surface area contributed by atoms with E-state index in [9.17, 15) is 29.4 Å². The van der Waals surface area contributed by atoms with Crippen LogP contribution in [0.25, 0.3) is 0 Å². The SMILES string of the molecule is CSCCC(NC(=O)C(NC(=O)C(CC(C)C)NC(=O)C1CCCN1)C(C)O)C(=O)O. The van der Waals surface area contributed by atoms with Crippen LogP contribution in [0, 0.1) is 5.92 Å². The summed E-state index contributed by atoms with van der Waals surface area (Å²) < 4.78 is 0. The predicted octanol–water partition coefficient (Wildman–Crippen LogP) is -0.543. The lowest BCUT2D eigenvalue weighted by atomic mass is 10.0. The summed E-state index contributed by atoms with van der Waals surface area (Å²) in [7, 11) is 0. The summed E-state index contributed by atoms with van der Waals surface area (Å²) >= 11 is 1.45. The lowest BCUT2D eigenvalue weighted by Gasteiger charge is -2.27. The second-order valence-corrected chi connectivity index (χ2v) is 9.23. The first-order chi connectivity index (χ1) is 14.6. The van der Waals surface area contributed by atoms with E-state index in [0.717, 1.165) is 13.0 Å². The standard InChI is InChI=1S/C20H36N4O6S/c1-11(2)10-15(23-17(26)13-6-5-8-21-13)18(27)24-16(12(3)25)19(28)22-14(20(29)30)7-9-31-4/h11-16,21,25H,5-10H2,1-4H3,(H,22,28)(H,23,26)(H,24,27)(H,29,30). The summed E-state index contributed by atoms with van der Waals surface area (Å²) in [6.07, 6.45) is 2.69. The van der Waals surface area contributed by atoms with Crippen molar-refractivity contribution >= 4 is 35.5 Å². The van der Waals surface area contributed by atoms with E-state index in [-0.39, 0.29) is 24.3 Å². The molecule has 11 heteroatoms. The smallest absolute Gasteiger partial charge is 0.326 e. The highest BCUT2D eigenvalue weighted by Crippen LogP contribution is 2.10. The van der Waals surface area contributed by atoms with Gasteiger partial charge >= 0.3 is 5.97 Å². The monoisotopic (exact) mass is 460 g/mol. The van der Waals surface area contributed by atoms with Crippen LogP contribution in [0.4, 0.5) is 0 Å². The maximum atomic E-state index is 12.9. The van der Waals surface area contributed by atoms with Crippen molar-refractivity contribution < 1.29 is 29.4 Å².